The van der Waals surface area contributed by atoms with Crippen molar-refractivity contribution in [2.75, 3.05) is 5.32 Å². The van der Waals surface area contributed by atoms with E-state index in [0.29, 0.717) is 10.7 Å². The molecule has 1 heterocycles. The molecule has 0 bridgehead atoms. The van der Waals surface area contributed by atoms with Crippen molar-refractivity contribution >= 4 is 11.6 Å². The number of ether oxygens (including phenoxy) is 1. The Hall–Kier alpha value is -3.57. The number of nitrogens with zero attached hydrogens (tertiary/aromatic N) is 2. The van der Waals surface area contributed by atoms with Gasteiger partial charge >= 0.3 is 12.8 Å². The lowest BCUT2D eigenvalue weighted by Gasteiger charge is -2.10. The van der Waals surface area contributed by atoms with E-state index in [0.717, 1.165) is 30.3 Å². The standard InChI is InChI=1S/C18H10F7N3O2/c19-12-3-1-2-11(15(12)20)16(29)26-9-4-6-10(7-5-9)28-14(30-17(21)22)8-13(27-28)18(23,24)25/h1-8,17H,(H,26,29). The smallest absolute Gasteiger partial charge is 0.417 e. The van der Waals surface area contributed by atoms with Crippen molar-refractivity contribution in [1.82, 2.24) is 9.78 Å². The Morgan fingerprint density at radius 2 is 1.73 bits per heavy atom. The number of aromatic nitrogens is 2. The summed E-state index contributed by atoms with van der Waals surface area (Å²) in [5.74, 6) is -4.39. The van der Waals surface area contributed by atoms with Gasteiger partial charge in [0.25, 0.3) is 5.91 Å². The van der Waals surface area contributed by atoms with Crippen LogP contribution >= 0.6 is 0 Å². The van der Waals surface area contributed by atoms with Gasteiger partial charge in [-0.05, 0) is 36.4 Å². The van der Waals surface area contributed by atoms with Gasteiger partial charge in [0.05, 0.1) is 11.3 Å². The monoisotopic (exact) mass is 433 g/mol. The van der Waals surface area contributed by atoms with E-state index in [2.05, 4.69) is 15.2 Å². The molecule has 0 saturated heterocycles. The number of benzene rings is 2. The second kappa shape index (κ2) is 8.05. The van der Waals surface area contributed by atoms with Crippen LogP contribution in [0.25, 0.3) is 5.69 Å². The van der Waals surface area contributed by atoms with Crippen molar-refractivity contribution in [2.24, 2.45) is 0 Å². The molecule has 0 saturated carbocycles. The first-order chi connectivity index (χ1) is 14.1. The lowest BCUT2D eigenvalue weighted by atomic mass is 10.2. The van der Waals surface area contributed by atoms with Crippen LogP contribution in [0.1, 0.15) is 16.1 Å². The normalized spacial score (nSPS) is 11.6. The number of carbonyl (C=O) groups is 1. The molecule has 0 unspecified atom stereocenters. The van der Waals surface area contributed by atoms with Gasteiger partial charge in [-0.25, -0.2) is 13.5 Å². The zero-order valence-corrected chi connectivity index (χ0v) is 14.6. The molecule has 12 heteroatoms. The SMILES string of the molecule is O=C(Nc1ccc(-n2nc(C(F)(F)F)cc2OC(F)F)cc1)c1cccc(F)c1F. The van der Waals surface area contributed by atoms with Gasteiger partial charge in [0.2, 0.25) is 5.88 Å². The van der Waals surface area contributed by atoms with Crippen molar-refractivity contribution < 1.29 is 40.3 Å². The number of carbonyl (C=O) groups excluding carboxylic acids is 1. The minimum atomic E-state index is -4.89. The Kier molecular flexibility index (Phi) is 5.67. The Morgan fingerprint density at radius 1 is 1.07 bits per heavy atom. The number of hydrogen-bond donors (Lipinski definition) is 1. The van der Waals surface area contributed by atoms with Crippen molar-refractivity contribution in [3.63, 3.8) is 0 Å². The molecule has 0 radical (unpaired) electrons. The fraction of sp³-hybridized carbons (Fsp3) is 0.111. The van der Waals surface area contributed by atoms with Crippen LogP contribution in [-0.4, -0.2) is 22.3 Å². The maximum absolute atomic E-state index is 13.7. The number of amides is 1. The van der Waals surface area contributed by atoms with Gasteiger partial charge in [0.15, 0.2) is 17.3 Å². The lowest BCUT2D eigenvalue weighted by molar-refractivity contribution is -0.141. The predicted octanol–water partition coefficient (Wildman–Crippen LogP) is 5.02. The summed E-state index contributed by atoms with van der Waals surface area (Å²) in [6.07, 6.45) is -4.89. The molecule has 158 valence electrons. The van der Waals surface area contributed by atoms with Crippen molar-refractivity contribution in [2.45, 2.75) is 12.8 Å². The summed E-state index contributed by atoms with van der Waals surface area (Å²) in [6.45, 7) is -3.39. The Morgan fingerprint density at radius 3 is 2.33 bits per heavy atom. The van der Waals surface area contributed by atoms with Gasteiger partial charge < -0.3 is 10.1 Å². The topological polar surface area (TPSA) is 56.2 Å². The zero-order valence-electron chi connectivity index (χ0n) is 14.6. The van der Waals surface area contributed by atoms with Gasteiger partial charge in [-0.1, -0.05) is 6.07 Å². The van der Waals surface area contributed by atoms with Crippen LogP contribution in [0.4, 0.5) is 36.4 Å². The molecule has 0 atom stereocenters. The first-order valence-electron chi connectivity index (χ1n) is 8.04. The number of hydrogen-bond acceptors (Lipinski definition) is 3. The van der Waals surface area contributed by atoms with Crippen LogP contribution in [0.5, 0.6) is 5.88 Å². The summed E-state index contributed by atoms with van der Waals surface area (Å²) in [6, 6.07) is 8.05. The molecule has 1 N–H and O–H groups in total. The van der Waals surface area contributed by atoms with Gasteiger partial charge in [-0.15, -0.1) is 0 Å². The van der Waals surface area contributed by atoms with Crippen molar-refractivity contribution in [1.29, 1.82) is 0 Å². The fourth-order valence-corrected chi connectivity index (χ4v) is 2.43. The molecular weight excluding hydrogens is 423 g/mol. The first-order valence-corrected chi connectivity index (χ1v) is 8.04. The molecule has 0 fully saturated rings. The quantitative estimate of drug-likeness (QED) is 0.575. The summed E-state index contributed by atoms with van der Waals surface area (Å²) < 4.78 is 95.0. The largest absolute Gasteiger partial charge is 0.435 e. The lowest BCUT2D eigenvalue weighted by Crippen LogP contribution is -2.14. The Bertz CT molecular complexity index is 1060. The Balaban J connectivity index is 1.86. The van der Waals surface area contributed by atoms with Crippen LogP contribution in [0.15, 0.2) is 48.5 Å². The first kappa shape index (κ1) is 21.1. The number of alkyl halides is 5. The minimum Gasteiger partial charge on any atom is -0.417 e. The molecule has 2 aromatic carbocycles. The van der Waals surface area contributed by atoms with E-state index in [-0.39, 0.29) is 11.4 Å². The summed E-state index contributed by atoms with van der Waals surface area (Å²) in [4.78, 5) is 12.1. The number of anilines is 1. The van der Waals surface area contributed by atoms with Crippen LogP contribution in [0.3, 0.4) is 0 Å². The summed E-state index contributed by atoms with van der Waals surface area (Å²) >= 11 is 0. The molecule has 0 aliphatic carbocycles. The molecule has 0 spiro atoms. The second-order valence-electron chi connectivity index (χ2n) is 5.76. The molecule has 1 amide bonds. The minimum absolute atomic E-state index is 0.0759. The zero-order chi connectivity index (χ0) is 22.1. The second-order valence-corrected chi connectivity index (χ2v) is 5.76. The summed E-state index contributed by atoms with van der Waals surface area (Å²) in [5, 5.41) is 5.49. The molecule has 30 heavy (non-hydrogen) atoms. The average Bonchev–Trinajstić information content (AvgIpc) is 3.08. The van der Waals surface area contributed by atoms with E-state index >= 15 is 0 Å². The average molecular weight is 433 g/mol. The van der Waals surface area contributed by atoms with Gasteiger partial charge in [-0.3, -0.25) is 4.79 Å². The highest BCUT2D eigenvalue weighted by Crippen LogP contribution is 2.33. The van der Waals surface area contributed by atoms with E-state index < -0.39 is 47.5 Å². The third kappa shape index (κ3) is 4.53. The maximum Gasteiger partial charge on any atom is 0.435 e. The fourth-order valence-electron chi connectivity index (χ4n) is 2.43. The molecular formula is C18H10F7N3O2. The van der Waals surface area contributed by atoms with E-state index in [1.807, 2.05) is 0 Å². The van der Waals surface area contributed by atoms with Crippen LogP contribution in [0.2, 0.25) is 0 Å². The maximum atomic E-state index is 13.7. The third-order valence-corrected chi connectivity index (χ3v) is 3.74. The van der Waals surface area contributed by atoms with E-state index in [1.165, 1.54) is 12.1 Å². The molecule has 3 aromatic rings. The van der Waals surface area contributed by atoms with Crippen LogP contribution < -0.4 is 10.1 Å². The number of nitrogens with one attached hydrogen (secondary N) is 1. The molecule has 5 nitrogen and oxygen atoms in total. The van der Waals surface area contributed by atoms with E-state index in [1.54, 1.807) is 0 Å². The Labute approximate surface area is 163 Å². The van der Waals surface area contributed by atoms with Gasteiger partial charge in [0, 0.05) is 11.8 Å². The third-order valence-electron chi connectivity index (χ3n) is 3.74. The molecule has 0 aliphatic rings. The van der Waals surface area contributed by atoms with Crippen molar-refractivity contribution in [3.05, 3.63) is 71.4 Å². The van der Waals surface area contributed by atoms with E-state index in [9.17, 15) is 35.5 Å². The highest BCUT2D eigenvalue weighted by atomic mass is 19.4. The highest BCUT2D eigenvalue weighted by molar-refractivity contribution is 6.04. The van der Waals surface area contributed by atoms with Gasteiger partial charge in [-0.2, -0.15) is 27.1 Å². The van der Waals surface area contributed by atoms with Gasteiger partial charge in [0.1, 0.15) is 0 Å². The van der Waals surface area contributed by atoms with Crippen LogP contribution in [-0.2, 0) is 6.18 Å². The summed E-state index contributed by atoms with van der Waals surface area (Å²) in [7, 11) is 0. The predicted molar refractivity (Wildman–Crippen MR) is 89.5 cm³/mol. The number of halogens is 7. The highest BCUT2D eigenvalue weighted by Gasteiger charge is 2.36. The van der Waals surface area contributed by atoms with E-state index in [4.69, 9.17) is 0 Å². The number of rotatable bonds is 5. The molecule has 1 aromatic heterocycles. The molecule has 0 aliphatic heterocycles. The summed E-state index contributed by atoms with van der Waals surface area (Å²) in [5.41, 5.74) is -2.02. The van der Waals surface area contributed by atoms with Crippen molar-refractivity contribution in [3.8, 4) is 11.6 Å². The molecule has 3 rings (SSSR count). The van der Waals surface area contributed by atoms with Crippen LogP contribution in [0, 0.1) is 11.6 Å².